The Morgan fingerprint density at radius 1 is 1.16 bits per heavy atom. The molecule has 0 radical (unpaired) electrons. The summed E-state index contributed by atoms with van der Waals surface area (Å²) < 4.78 is 11.9. The van der Waals surface area contributed by atoms with E-state index >= 15 is 0 Å². The van der Waals surface area contributed by atoms with Crippen LogP contribution in [0.4, 0.5) is 0 Å². The van der Waals surface area contributed by atoms with Crippen LogP contribution < -0.4 is 14.8 Å². The average Bonchev–Trinajstić information content (AvgIpc) is 2.64. The van der Waals surface area contributed by atoms with Gasteiger partial charge in [0.25, 0.3) is 0 Å². The van der Waals surface area contributed by atoms with Crippen LogP contribution in [0, 0.1) is 12.3 Å². The zero-order valence-corrected chi connectivity index (χ0v) is 16.5. The Balaban J connectivity index is 1.84. The van der Waals surface area contributed by atoms with Crippen LogP contribution in [0.5, 0.6) is 11.5 Å². The van der Waals surface area contributed by atoms with Gasteiger partial charge in [0.05, 0.1) is 12.1 Å². The van der Waals surface area contributed by atoms with Crippen molar-refractivity contribution in [3.63, 3.8) is 0 Å². The maximum atomic E-state index is 5.45. The Morgan fingerprint density at radius 3 is 2.56 bits per heavy atom. The van der Waals surface area contributed by atoms with Gasteiger partial charge in [-0.2, -0.15) is 0 Å². The summed E-state index contributed by atoms with van der Waals surface area (Å²) in [6.45, 7) is 0.952. The van der Waals surface area contributed by atoms with Crippen LogP contribution in [0.2, 0.25) is 0 Å². The Morgan fingerprint density at radius 2 is 1.88 bits per heavy atom. The number of benzene rings is 2. The van der Waals surface area contributed by atoms with E-state index in [1.54, 1.807) is 7.11 Å². The predicted molar refractivity (Wildman–Crippen MR) is 109 cm³/mol. The van der Waals surface area contributed by atoms with Gasteiger partial charge >= 0.3 is 0 Å². The van der Waals surface area contributed by atoms with E-state index in [-0.39, 0.29) is 6.61 Å². The Labute approximate surface area is 162 Å². The van der Waals surface area contributed by atoms with Gasteiger partial charge in [0, 0.05) is 17.4 Å². The second kappa shape index (κ2) is 10.1. The second-order valence-electron chi connectivity index (χ2n) is 5.38. The van der Waals surface area contributed by atoms with Gasteiger partial charge < -0.3 is 14.8 Å². The third-order valence-corrected chi connectivity index (χ3v) is 4.46. The zero-order valence-electron chi connectivity index (χ0n) is 14.0. The van der Waals surface area contributed by atoms with Gasteiger partial charge in [-0.3, -0.25) is 0 Å². The fraction of sp³-hybridized carbons (Fsp3) is 0.250. The monoisotopic (exact) mass is 417 g/mol. The minimum atomic E-state index is 0.222. The standard InChI is InChI=1S/C20H20BrNO2S/c1-3-12-24-18-10-6-15(13-19(18)23-2)7-11-20(25)22-14-16-4-8-17(21)9-5-16/h1,4-6,8-10,13H,7,11-12,14H2,2H3,(H,22,25). The molecule has 130 valence electrons. The predicted octanol–water partition coefficient (Wildman–Crippen LogP) is 4.52. The Kier molecular flexibility index (Phi) is 7.77. The van der Waals surface area contributed by atoms with E-state index in [0.717, 1.165) is 34.4 Å². The van der Waals surface area contributed by atoms with Crippen LogP contribution in [0.3, 0.4) is 0 Å². The third-order valence-electron chi connectivity index (χ3n) is 3.58. The second-order valence-corrected chi connectivity index (χ2v) is 6.79. The van der Waals surface area contributed by atoms with Gasteiger partial charge in [-0.15, -0.1) is 6.42 Å². The molecule has 0 atom stereocenters. The summed E-state index contributed by atoms with van der Waals surface area (Å²) in [4.78, 5) is 0.842. The first-order chi connectivity index (χ1) is 12.1. The normalized spacial score (nSPS) is 9.96. The van der Waals surface area contributed by atoms with Crippen molar-refractivity contribution in [1.82, 2.24) is 5.32 Å². The quantitative estimate of drug-likeness (QED) is 0.505. The van der Waals surface area contributed by atoms with Crippen molar-refractivity contribution in [3.05, 3.63) is 58.1 Å². The molecule has 0 amide bonds. The van der Waals surface area contributed by atoms with Crippen LogP contribution in [0.15, 0.2) is 46.9 Å². The lowest BCUT2D eigenvalue weighted by Crippen LogP contribution is -2.21. The highest BCUT2D eigenvalue weighted by atomic mass is 79.9. The lowest BCUT2D eigenvalue weighted by atomic mass is 10.1. The topological polar surface area (TPSA) is 30.5 Å². The van der Waals surface area contributed by atoms with E-state index in [1.165, 1.54) is 5.56 Å². The maximum Gasteiger partial charge on any atom is 0.162 e. The number of rotatable bonds is 8. The van der Waals surface area contributed by atoms with Gasteiger partial charge in [-0.25, -0.2) is 0 Å². The van der Waals surface area contributed by atoms with Gasteiger partial charge in [-0.1, -0.05) is 52.3 Å². The fourth-order valence-electron chi connectivity index (χ4n) is 2.26. The van der Waals surface area contributed by atoms with E-state index < -0.39 is 0 Å². The van der Waals surface area contributed by atoms with E-state index in [4.69, 9.17) is 28.1 Å². The zero-order chi connectivity index (χ0) is 18.1. The molecule has 0 heterocycles. The number of ether oxygens (including phenoxy) is 2. The van der Waals surface area contributed by atoms with Crippen molar-refractivity contribution in [3.8, 4) is 23.8 Å². The van der Waals surface area contributed by atoms with Crippen LogP contribution in [0.1, 0.15) is 17.5 Å². The molecule has 1 N–H and O–H groups in total. The Hall–Kier alpha value is -2.03. The van der Waals surface area contributed by atoms with Crippen LogP contribution in [-0.2, 0) is 13.0 Å². The molecule has 0 aliphatic rings. The van der Waals surface area contributed by atoms with Crippen LogP contribution in [0.25, 0.3) is 0 Å². The number of nitrogens with one attached hydrogen (secondary N) is 1. The SMILES string of the molecule is C#CCOc1ccc(CCC(=S)NCc2ccc(Br)cc2)cc1OC. The van der Waals surface area contributed by atoms with Gasteiger partial charge in [0.1, 0.15) is 6.61 Å². The third kappa shape index (κ3) is 6.41. The lowest BCUT2D eigenvalue weighted by Gasteiger charge is -2.12. The molecule has 3 nitrogen and oxygen atoms in total. The summed E-state index contributed by atoms with van der Waals surface area (Å²) in [5.74, 6) is 3.78. The molecule has 5 heteroatoms. The Bertz CT molecular complexity index is 753. The van der Waals surface area contributed by atoms with Crippen molar-refractivity contribution in [1.29, 1.82) is 0 Å². The van der Waals surface area contributed by atoms with Crippen molar-refractivity contribution in [2.75, 3.05) is 13.7 Å². The van der Waals surface area contributed by atoms with Gasteiger partial charge in [0.15, 0.2) is 11.5 Å². The fourth-order valence-corrected chi connectivity index (χ4v) is 2.69. The van der Waals surface area contributed by atoms with E-state index in [0.29, 0.717) is 11.5 Å². The number of hydrogen-bond donors (Lipinski definition) is 1. The molecule has 0 aromatic heterocycles. The smallest absolute Gasteiger partial charge is 0.162 e. The van der Waals surface area contributed by atoms with E-state index in [9.17, 15) is 0 Å². The van der Waals surface area contributed by atoms with Crippen molar-refractivity contribution in [2.24, 2.45) is 0 Å². The molecule has 25 heavy (non-hydrogen) atoms. The number of hydrogen-bond acceptors (Lipinski definition) is 3. The number of aryl methyl sites for hydroxylation is 1. The largest absolute Gasteiger partial charge is 0.493 e. The van der Waals surface area contributed by atoms with Crippen molar-refractivity contribution < 1.29 is 9.47 Å². The first-order valence-corrected chi connectivity index (χ1v) is 9.07. The van der Waals surface area contributed by atoms with Gasteiger partial charge in [0.2, 0.25) is 0 Å². The number of thiocarbonyl (C=S) groups is 1. The summed E-state index contributed by atoms with van der Waals surface area (Å²) in [6, 6.07) is 14.0. The van der Waals surface area contributed by atoms with Crippen molar-refractivity contribution in [2.45, 2.75) is 19.4 Å². The molecule has 0 fully saturated rings. The molecule has 0 aliphatic carbocycles. The summed E-state index contributed by atoms with van der Waals surface area (Å²) in [7, 11) is 1.62. The van der Waals surface area contributed by atoms with Crippen molar-refractivity contribution >= 4 is 33.1 Å². The lowest BCUT2D eigenvalue weighted by molar-refractivity contribution is 0.330. The number of halogens is 1. The first-order valence-electron chi connectivity index (χ1n) is 7.86. The highest BCUT2D eigenvalue weighted by molar-refractivity contribution is 9.10. The molecular formula is C20H20BrNO2S. The van der Waals surface area contributed by atoms with E-state index in [2.05, 4.69) is 39.3 Å². The molecule has 0 bridgehead atoms. The molecular weight excluding hydrogens is 398 g/mol. The summed E-state index contributed by atoms with van der Waals surface area (Å²) >= 11 is 8.86. The molecule has 2 aromatic carbocycles. The molecule has 2 aromatic rings. The molecule has 0 aliphatic heterocycles. The van der Waals surface area contributed by atoms with Crippen LogP contribution in [-0.4, -0.2) is 18.7 Å². The van der Waals surface area contributed by atoms with E-state index in [1.807, 2.05) is 30.3 Å². The molecule has 0 saturated heterocycles. The number of methoxy groups -OCH3 is 1. The molecule has 0 spiro atoms. The highest BCUT2D eigenvalue weighted by Gasteiger charge is 2.06. The molecule has 2 rings (SSSR count). The summed E-state index contributed by atoms with van der Waals surface area (Å²) in [6.07, 6.45) is 6.83. The molecule has 0 unspecified atom stereocenters. The highest BCUT2D eigenvalue weighted by Crippen LogP contribution is 2.28. The number of terminal acetylenes is 1. The minimum Gasteiger partial charge on any atom is -0.493 e. The summed E-state index contributed by atoms with van der Waals surface area (Å²) in [5.41, 5.74) is 2.33. The first kappa shape index (κ1) is 19.3. The van der Waals surface area contributed by atoms with Crippen LogP contribution >= 0.6 is 28.1 Å². The minimum absolute atomic E-state index is 0.222. The summed E-state index contributed by atoms with van der Waals surface area (Å²) in [5, 5.41) is 3.29. The average molecular weight is 418 g/mol. The van der Waals surface area contributed by atoms with Gasteiger partial charge in [-0.05, 0) is 41.8 Å². The maximum absolute atomic E-state index is 5.45. The molecule has 0 saturated carbocycles.